The summed E-state index contributed by atoms with van der Waals surface area (Å²) in [6.45, 7) is 0.841. The monoisotopic (exact) mass is 462 g/mol. The summed E-state index contributed by atoms with van der Waals surface area (Å²) in [6.07, 6.45) is 3.38. The van der Waals surface area contributed by atoms with Gasteiger partial charge in [-0.15, -0.1) is 0 Å². The molecule has 1 heterocycles. The van der Waals surface area contributed by atoms with Crippen molar-refractivity contribution in [3.63, 3.8) is 0 Å². The van der Waals surface area contributed by atoms with E-state index in [2.05, 4.69) is 17.4 Å². The minimum absolute atomic E-state index is 0.0479. The van der Waals surface area contributed by atoms with Crippen molar-refractivity contribution in [2.45, 2.75) is 56.5 Å². The van der Waals surface area contributed by atoms with Crippen molar-refractivity contribution < 1.29 is 24.2 Å². The lowest BCUT2D eigenvalue weighted by Crippen LogP contribution is -2.50. The number of benzene rings is 2. The number of carboxylic acid groups (broad SMARTS) is 1. The van der Waals surface area contributed by atoms with Gasteiger partial charge in [-0.25, -0.2) is 4.79 Å². The molecule has 0 spiro atoms. The number of nitrogens with one attached hydrogen (secondary N) is 1. The quantitative estimate of drug-likeness (QED) is 0.644. The minimum Gasteiger partial charge on any atom is -0.481 e. The van der Waals surface area contributed by atoms with Gasteiger partial charge in [-0.05, 0) is 53.9 Å². The van der Waals surface area contributed by atoms with Crippen LogP contribution < -0.4 is 5.32 Å². The van der Waals surface area contributed by atoms with Crippen molar-refractivity contribution in [3.8, 4) is 11.1 Å². The molecule has 3 unspecified atom stereocenters. The Balaban J connectivity index is 1.26. The van der Waals surface area contributed by atoms with E-state index < -0.39 is 18.1 Å². The molecule has 5 rings (SSSR count). The highest BCUT2D eigenvalue weighted by Gasteiger charge is 2.40. The molecule has 2 N–H and O–H groups in total. The van der Waals surface area contributed by atoms with Gasteiger partial charge in [-0.2, -0.15) is 0 Å². The highest BCUT2D eigenvalue weighted by Crippen LogP contribution is 2.44. The fourth-order valence-corrected chi connectivity index (χ4v) is 5.92. The second-order valence-electron chi connectivity index (χ2n) is 9.63. The van der Waals surface area contributed by atoms with Crippen LogP contribution in [0.15, 0.2) is 48.5 Å². The van der Waals surface area contributed by atoms with Crippen LogP contribution in [0, 0.1) is 5.92 Å². The molecule has 2 aliphatic carbocycles. The molecular formula is C27H30N2O5. The van der Waals surface area contributed by atoms with E-state index >= 15 is 0 Å². The number of nitrogens with zero attached hydrogens (tertiary/aromatic N) is 1. The molecule has 2 aromatic rings. The highest BCUT2D eigenvalue weighted by atomic mass is 16.5. The Kier molecular flexibility index (Phi) is 6.26. The number of hydrogen-bond acceptors (Lipinski definition) is 4. The standard InChI is InChI=1S/C27H30N2O5/c30-25(31)13-12-24(26(32)29-15-17-6-5-7-18(29)14-17)28-27(33)34-16-23-21-10-3-1-8-19(21)20-9-2-4-11-22(20)23/h1-4,8-11,17-18,23-24H,5-7,12-16H2,(H,28,33)(H,30,31). The van der Waals surface area contributed by atoms with Crippen LogP contribution in [0.1, 0.15) is 55.6 Å². The number of hydrogen-bond donors (Lipinski definition) is 2. The van der Waals surface area contributed by atoms with Crippen LogP contribution >= 0.6 is 0 Å². The van der Waals surface area contributed by atoms with E-state index in [1.165, 1.54) is 0 Å². The van der Waals surface area contributed by atoms with Gasteiger partial charge in [0.25, 0.3) is 0 Å². The fraction of sp³-hybridized carbons (Fsp3) is 0.444. The number of alkyl carbamates (subject to hydrolysis) is 1. The minimum atomic E-state index is -0.993. The van der Waals surface area contributed by atoms with Crippen LogP contribution in [-0.2, 0) is 14.3 Å². The second kappa shape index (κ2) is 9.49. The first-order valence-electron chi connectivity index (χ1n) is 12.1. The van der Waals surface area contributed by atoms with Crippen LogP contribution in [0.5, 0.6) is 0 Å². The van der Waals surface area contributed by atoms with Gasteiger partial charge < -0.3 is 20.1 Å². The first kappa shape index (κ1) is 22.4. The zero-order chi connectivity index (χ0) is 23.7. The first-order valence-corrected chi connectivity index (χ1v) is 12.1. The topological polar surface area (TPSA) is 95.9 Å². The molecule has 1 saturated heterocycles. The third-order valence-corrected chi connectivity index (χ3v) is 7.51. The summed E-state index contributed by atoms with van der Waals surface area (Å²) >= 11 is 0. The molecule has 2 amide bonds. The first-order chi connectivity index (χ1) is 16.5. The lowest BCUT2D eigenvalue weighted by atomic mass is 9.90. The van der Waals surface area contributed by atoms with Crippen molar-refractivity contribution in [2.24, 2.45) is 5.92 Å². The van der Waals surface area contributed by atoms with Gasteiger partial charge in [-0.3, -0.25) is 9.59 Å². The van der Waals surface area contributed by atoms with Crippen molar-refractivity contribution in [1.29, 1.82) is 0 Å². The number of likely N-dealkylation sites (tertiary alicyclic amines) is 1. The van der Waals surface area contributed by atoms with Crippen LogP contribution in [-0.4, -0.2) is 53.2 Å². The van der Waals surface area contributed by atoms with E-state index in [1.807, 2.05) is 41.3 Å². The SMILES string of the molecule is O=C(O)CCC(NC(=O)OCC1c2ccccc2-c2ccccc21)C(=O)N1CC2CCCC1C2. The zero-order valence-corrected chi connectivity index (χ0v) is 19.1. The lowest BCUT2D eigenvalue weighted by Gasteiger charge is -2.29. The van der Waals surface area contributed by atoms with Crippen LogP contribution in [0.25, 0.3) is 11.1 Å². The summed E-state index contributed by atoms with van der Waals surface area (Å²) in [4.78, 5) is 39.1. The molecule has 178 valence electrons. The van der Waals surface area contributed by atoms with Gasteiger partial charge in [0, 0.05) is 24.9 Å². The average molecular weight is 463 g/mol. The molecule has 34 heavy (non-hydrogen) atoms. The number of fused-ring (bicyclic) bond motifs is 5. The predicted molar refractivity (Wildman–Crippen MR) is 126 cm³/mol. The normalized spacial score (nSPS) is 21.5. The van der Waals surface area contributed by atoms with Crippen molar-refractivity contribution >= 4 is 18.0 Å². The van der Waals surface area contributed by atoms with Crippen molar-refractivity contribution in [1.82, 2.24) is 10.2 Å². The number of carbonyl (C=O) groups is 3. The van der Waals surface area contributed by atoms with Gasteiger partial charge >= 0.3 is 12.1 Å². The molecule has 7 heteroatoms. The van der Waals surface area contributed by atoms with E-state index in [9.17, 15) is 14.4 Å². The zero-order valence-electron chi connectivity index (χ0n) is 19.1. The van der Waals surface area contributed by atoms with Gasteiger partial charge in [0.1, 0.15) is 12.6 Å². The Bertz CT molecular complexity index is 1050. The lowest BCUT2D eigenvalue weighted by molar-refractivity contribution is -0.138. The molecule has 2 fully saturated rings. The Hall–Kier alpha value is -3.35. The van der Waals surface area contributed by atoms with Gasteiger partial charge in [0.05, 0.1) is 0 Å². The largest absolute Gasteiger partial charge is 0.481 e. The van der Waals surface area contributed by atoms with Crippen molar-refractivity contribution in [3.05, 3.63) is 59.7 Å². The second-order valence-corrected chi connectivity index (χ2v) is 9.63. The maximum atomic E-state index is 13.3. The summed E-state index contributed by atoms with van der Waals surface area (Å²) < 4.78 is 5.61. The van der Waals surface area contributed by atoms with E-state index in [0.29, 0.717) is 12.5 Å². The maximum absolute atomic E-state index is 13.3. The molecule has 2 aromatic carbocycles. The maximum Gasteiger partial charge on any atom is 0.407 e. The highest BCUT2D eigenvalue weighted by molar-refractivity contribution is 5.87. The number of aliphatic carboxylic acids is 1. The average Bonchev–Trinajstić information content (AvgIpc) is 3.32. The smallest absolute Gasteiger partial charge is 0.407 e. The molecule has 3 atom stereocenters. The van der Waals surface area contributed by atoms with E-state index in [4.69, 9.17) is 9.84 Å². The van der Waals surface area contributed by atoms with E-state index in [0.717, 1.165) is 47.9 Å². The van der Waals surface area contributed by atoms with Crippen LogP contribution in [0.2, 0.25) is 0 Å². The molecule has 1 aliphatic heterocycles. The molecule has 1 saturated carbocycles. The van der Waals surface area contributed by atoms with Gasteiger partial charge in [-0.1, -0.05) is 55.0 Å². The number of carboxylic acids is 1. The Labute approximate surface area is 199 Å². The van der Waals surface area contributed by atoms with Gasteiger partial charge in [0.2, 0.25) is 5.91 Å². The molecular weight excluding hydrogens is 432 g/mol. The van der Waals surface area contributed by atoms with E-state index in [1.54, 1.807) is 0 Å². The Morgan fingerprint density at radius 1 is 1.03 bits per heavy atom. The molecule has 0 aromatic heterocycles. The Morgan fingerprint density at radius 2 is 1.71 bits per heavy atom. The van der Waals surface area contributed by atoms with E-state index in [-0.39, 0.29) is 37.3 Å². The molecule has 0 radical (unpaired) electrons. The summed E-state index contributed by atoms with van der Waals surface area (Å²) in [5, 5.41) is 11.8. The molecule has 2 bridgehead atoms. The summed E-state index contributed by atoms with van der Waals surface area (Å²) in [7, 11) is 0. The fourth-order valence-electron chi connectivity index (χ4n) is 5.92. The summed E-state index contributed by atoms with van der Waals surface area (Å²) in [5.41, 5.74) is 4.50. The third-order valence-electron chi connectivity index (χ3n) is 7.51. The predicted octanol–water partition coefficient (Wildman–Crippen LogP) is 4.16. The van der Waals surface area contributed by atoms with Gasteiger partial charge in [0.15, 0.2) is 0 Å². The third kappa shape index (κ3) is 4.39. The summed E-state index contributed by atoms with van der Waals surface area (Å²) in [6, 6.07) is 15.5. The molecule has 7 nitrogen and oxygen atoms in total. The number of amides is 2. The van der Waals surface area contributed by atoms with Crippen LogP contribution in [0.4, 0.5) is 4.79 Å². The summed E-state index contributed by atoms with van der Waals surface area (Å²) in [5.74, 6) is -0.752. The Morgan fingerprint density at radius 3 is 2.35 bits per heavy atom. The van der Waals surface area contributed by atoms with Crippen LogP contribution in [0.3, 0.4) is 0 Å². The number of carbonyl (C=O) groups excluding carboxylic acids is 2. The van der Waals surface area contributed by atoms with Crippen molar-refractivity contribution in [2.75, 3.05) is 13.2 Å². The number of ether oxygens (including phenoxy) is 1. The molecule has 3 aliphatic rings. The number of rotatable bonds is 7.